The van der Waals surface area contributed by atoms with Crippen molar-refractivity contribution in [3.8, 4) is 0 Å². The van der Waals surface area contributed by atoms with Gasteiger partial charge in [0, 0.05) is 12.0 Å². The molecule has 132 valence electrons. The molecule has 0 bridgehead atoms. The Morgan fingerprint density at radius 3 is 2.15 bits per heavy atom. The number of aromatic nitrogens is 2. The number of rotatable bonds is 3. The molecule has 0 saturated carbocycles. The van der Waals surface area contributed by atoms with Gasteiger partial charge in [0.1, 0.15) is 6.17 Å². The van der Waals surface area contributed by atoms with Crippen LogP contribution < -0.4 is 22.0 Å². The molecule has 2 heterocycles. The maximum absolute atomic E-state index is 12.9. The number of hydrogen-bond acceptors (Lipinski definition) is 4. The summed E-state index contributed by atoms with van der Waals surface area (Å²) in [6, 6.07) is 15.4. The smallest absolute Gasteiger partial charge is 0.274 e. The monoisotopic (exact) mass is 350 g/mol. The van der Waals surface area contributed by atoms with E-state index in [1.165, 1.54) is 9.36 Å². The molecule has 2 N–H and O–H groups in total. The fourth-order valence-corrected chi connectivity index (χ4v) is 3.46. The van der Waals surface area contributed by atoms with Gasteiger partial charge < -0.3 is 0 Å². The molecule has 3 aromatic rings. The molecule has 1 amide bonds. The van der Waals surface area contributed by atoms with Gasteiger partial charge in [0.15, 0.2) is 0 Å². The van der Waals surface area contributed by atoms with Crippen LogP contribution in [0.5, 0.6) is 0 Å². The molecule has 2 aromatic carbocycles. The molecular weight excluding hydrogens is 332 g/mol. The molecule has 0 spiro atoms. The first-order chi connectivity index (χ1) is 12.6. The first-order valence-electron chi connectivity index (χ1n) is 8.45. The van der Waals surface area contributed by atoms with Crippen LogP contribution in [0.2, 0.25) is 0 Å². The molecule has 0 fully saturated rings. The Hall–Kier alpha value is -3.19. The zero-order chi connectivity index (χ0) is 18.3. The van der Waals surface area contributed by atoms with Gasteiger partial charge in [-0.1, -0.05) is 30.3 Å². The Morgan fingerprint density at radius 1 is 0.923 bits per heavy atom. The summed E-state index contributed by atoms with van der Waals surface area (Å²) in [6.07, 6.45) is 0.0167. The summed E-state index contributed by atoms with van der Waals surface area (Å²) in [4.78, 5) is 37.9. The van der Waals surface area contributed by atoms with E-state index in [1.54, 1.807) is 48.5 Å². The van der Waals surface area contributed by atoms with Crippen molar-refractivity contribution in [1.82, 2.24) is 20.2 Å². The van der Waals surface area contributed by atoms with Gasteiger partial charge in [-0.15, -0.1) is 0 Å². The first kappa shape index (κ1) is 16.3. The second-order valence-electron chi connectivity index (χ2n) is 6.41. The highest BCUT2D eigenvalue weighted by atomic mass is 16.2. The summed E-state index contributed by atoms with van der Waals surface area (Å²) in [5.41, 5.74) is 5.59. The van der Waals surface area contributed by atoms with Crippen LogP contribution in [0.4, 0.5) is 0 Å². The van der Waals surface area contributed by atoms with Crippen molar-refractivity contribution in [3.63, 3.8) is 0 Å². The summed E-state index contributed by atoms with van der Waals surface area (Å²) in [6.45, 7) is 1.88. The van der Waals surface area contributed by atoms with Crippen molar-refractivity contribution >= 4 is 16.7 Å². The number of hydrazine groups is 1. The summed E-state index contributed by atoms with van der Waals surface area (Å²) in [5, 5.41) is 0.790. The number of fused-ring (bicyclic) bond motifs is 2. The van der Waals surface area contributed by atoms with Crippen molar-refractivity contribution < 1.29 is 4.79 Å². The molecule has 4 rings (SSSR count). The lowest BCUT2D eigenvalue weighted by molar-refractivity contribution is 0.0915. The lowest BCUT2D eigenvalue weighted by Gasteiger charge is -2.17. The quantitative estimate of drug-likeness (QED) is 0.702. The predicted molar refractivity (Wildman–Crippen MR) is 97.9 cm³/mol. The van der Waals surface area contributed by atoms with Crippen LogP contribution in [0, 0.1) is 0 Å². The zero-order valence-corrected chi connectivity index (χ0v) is 14.2. The van der Waals surface area contributed by atoms with Crippen LogP contribution in [0.1, 0.15) is 35.9 Å². The van der Waals surface area contributed by atoms with Gasteiger partial charge in [0.2, 0.25) is 0 Å². The third kappa shape index (κ3) is 2.53. The summed E-state index contributed by atoms with van der Waals surface area (Å²) >= 11 is 0. The highest BCUT2D eigenvalue weighted by Crippen LogP contribution is 2.25. The molecular formula is C19H18N4O3. The summed E-state index contributed by atoms with van der Waals surface area (Å²) in [7, 11) is 0. The minimum absolute atomic E-state index is 0.161. The molecule has 1 aromatic heterocycles. The largest absolute Gasteiger partial charge is 0.285 e. The fraction of sp³-hybridized carbons (Fsp3) is 0.211. The average Bonchev–Trinajstić information content (AvgIpc) is 3.01. The van der Waals surface area contributed by atoms with Gasteiger partial charge >= 0.3 is 0 Å². The highest BCUT2D eigenvalue weighted by Gasteiger charge is 2.31. The number of nitrogens with zero attached hydrogens (tertiary/aromatic N) is 2. The van der Waals surface area contributed by atoms with Gasteiger partial charge in [0.25, 0.3) is 17.0 Å². The third-order valence-corrected chi connectivity index (χ3v) is 4.70. The average molecular weight is 350 g/mol. The zero-order valence-electron chi connectivity index (χ0n) is 14.2. The minimum Gasteiger partial charge on any atom is -0.285 e. The van der Waals surface area contributed by atoms with E-state index in [2.05, 4.69) is 10.9 Å². The van der Waals surface area contributed by atoms with Crippen LogP contribution in [0.15, 0.2) is 64.2 Å². The molecule has 0 unspecified atom stereocenters. The topological polar surface area (TPSA) is 85.1 Å². The summed E-state index contributed by atoms with van der Waals surface area (Å²) < 4.78 is 2.87. The molecule has 2 atom stereocenters. The number of hydrogen-bond donors (Lipinski definition) is 2. The van der Waals surface area contributed by atoms with Crippen LogP contribution in [-0.4, -0.2) is 15.3 Å². The van der Waals surface area contributed by atoms with E-state index in [4.69, 9.17) is 0 Å². The second kappa shape index (κ2) is 6.27. The van der Waals surface area contributed by atoms with E-state index in [0.29, 0.717) is 22.8 Å². The molecule has 26 heavy (non-hydrogen) atoms. The van der Waals surface area contributed by atoms with Gasteiger partial charge in [-0.3, -0.25) is 19.8 Å². The Kier molecular flexibility index (Phi) is 3.93. The minimum atomic E-state index is -0.498. The van der Waals surface area contributed by atoms with E-state index in [9.17, 15) is 14.4 Å². The molecule has 0 saturated heterocycles. The van der Waals surface area contributed by atoms with Gasteiger partial charge in [-0.2, -0.15) is 0 Å². The summed E-state index contributed by atoms with van der Waals surface area (Å²) in [5.74, 6) is -0.298. The number of carbonyl (C=O) groups excluding carboxylic acids is 1. The van der Waals surface area contributed by atoms with Gasteiger partial charge in [-0.25, -0.2) is 14.8 Å². The predicted octanol–water partition coefficient (Wildman–Crippen LogP) is 1.56. The van der Waals surface area contributed by atoms with Crippen molar-refractivity contribution in [3.05, 3.63) is 80.9 Å². The standard InChI is InChI=1S/C19H18N4O3/c1-12-11-16(20-21-17(24)13-7-3-2-4-8-13)23-19(26)15-10-6-5-9-14(15)18(25)22(12)23/h2-10,12,16,20H,11H2,1H3,(H,21,24)/t12-,16+/m0/s1. The van der Waals surface area contributed by atoms with Crippen LogP contribution in [-0.2, 0) is 0 Å². The molecule has 1 aliphatic rings. The molecule has 0 radical (unpaired) electrons. The maximum atomic E-state index is 12.9. The molecule has 7 heteroatoms. The van der Waals surface area contributed by atoms with Crippen molar-refractivity contribution in [2.24, 2.45) is 0 Å². The van der Waals surface area contributed by atoms with Crippen molar-refractivity contribution in [2.45, 2.75) is 25.6 Å². The van der Waals surface area contributed by atoms with E-state index in [-0.39, 0.29) is 23.1 Å². The van der Waals surface area contributed by atoms with E-state index in [1.807, 2.05) is 13.0 Å². The number of nitrogens with one attached hydrogen (secondary N) is 2. The molecule has 1 aliphatic heterocycles. The highest BCUT2D eigenvalue weighted by molar-refractivity contribution is 5.93. The van der Waals surface area contributed by atoms with Gasteiger partial charge in [-0.05, 0) is 31.2 Å². The van der Waals surface area contributed by atoms with Crippen molar-refractivity contribution in [1.29, 1.82) is 0 Å². The van der Waals surface area contributed by atoms with Crippen molar-refractivity contribution in [2.75, 3.05) is 0 Å². The lowest BCUT2D eigenvalue weighted by Crippen LogP contribution is -2.46. The van der Waals surface area contributed by atoms with E-state index < -0.39 is 6.17 Å². The SMILES string of the molecule is C[C@H]1C[C@H](NNC(=O)c2ccccc2)n2c(=O)c3ccccc3c(=O)n21. The Labute approximate surface area is 148 Å². The molecule has 7 nitrogen and oxygen atoms in total. The first-order valence-corrected chi connectivity index (χ1v) is 8.45. The van der Waals surface area contributed by atoms with Crippen LogP contribution in [0.25, 0.3) is 10.8 Å². The molecule has 0 aliphatic carbocycles. The third-order valence-electron chi connectivity index (χ3n) is 4.70. The lowest BCUT2D eigenvalue weighted by atomic mass is 10.2. The van der Waals surface area contributed by atoms with Crippen LogP contribution in [0.3, 0.4) is 0 Å². The second-order valence-corrected chi connectivity index (χ2v) is 6.41. The van der Waals surface area contributed by atoms with E-state index >= 15 is 0 Å². The van der Waals surface area contributed by atoms with E-state index in [0.717, 1.165) is 0 Å². The number of benzene rings is 2. The number of amides is 1. The normalized spacial score (nSPS) is 18.7. The fourth-order valence-electron chi connectivity index (χ4n) is 3.46. The Bertz CT molecular complexity index is 1100. The number of carbonyl (C=O) groups is 1. The van der Waals surface area contributed by atoms with Gasteiger partial charge in [0.05, 0.1) is 16.8 Å². The maximum Gasteiger partial charge on any atom is 0.274 e. The van der Waals surface area contributed by atoms with Crippen LogP contribution >= 0.6 is 0 Å². The Morgan fingerprint density at radius 2 is 1.50 bits per heavy atom. The Balaban J connectivity index is 1.69.